The monoisotopic (exact) mass is 257 g/mol. The Labute approximate surface area is 111 Å². The topological polar surface area (TPSA) is 58.6 Å². The first kappa shape index (κ1) is 13.0. The molecule has 19 heavy (non-hydrogen) atoms. The molecule has 1 atom stereocenters. The molecule has 0 heterocycles. The lowest BCUT2D eigenvalue weighted by molar-refractivity contribution is -0.141. The minimum absolute atomic E-state index is 0.159. The van der Waals surface area contributed by atoms with Crippen LogP contribution in [0.3, 0.4) is 0 Å². The van der Waals surface area contributed by atoms with Crippen molar-refractivity contribution < 1.29 is 14.6 Å². The Morgan fingerprint density at radius 2 is 1.74 bits per heavy atom. The van der Waals surface area contributed by atoms with Gasteiger partial charge in [-0.15, -0.1) is 0 Å². The lowest BCUT2D eigenvalue weighted by Gasteiger charge is -2.18. The van der Waals surface area contributed by atoms with E-state index in [-0.39, 0.29) is 11.7 Å². The van der Waals surface area contributed by atoms with Crippen molar-refractivity contribution in [3.05, 3.63) is 60.2 Å². The molecule has 0 spiro atoms. The lowest BCUT2D eigenvalue weighted by Crippen LogP contribution is -2.22. The van der Waals surface area contributed by atoms with Gasteiger partial charge in [-0.1, -0.05) is 30.3 Å². The van der Waals surface area contributed by atoms with Crippen LogP contribution in [0.1, 0.15) is 11.6 Å². The fraction of sp³-hybridized carbons (Fsp3) is 0.133. The van der Waals surface area contributed by atoms with Gasteiger partial charge < -0.3 is 15.2 Å². The molecule has 2 aromatic rings. The van der Waals surface area contributed by atoms with Crippen molar-refractivity contribution in [2.45, 2.75) is 6.04 Å². The van der Waals surface area contributed by atoms with Gasteiger partial charge in [-0.25, -0.2) is 4.79 Å². The minimum Gasteiger partial charge on any atom is -0.508 e. The Balaban J connectivity index is 2.26. The first-order valence-electron chi connectivity index (χ1n) is 5.89. The zero-order valence-electron chi connectivity index (χ0n) is 10.5. The van der Waals surface area contributed by atoms with Crippen LogP contribution in [0.5, 0.6) is 5.75 Å². The van der Waals surface area contributed by atoms with Gasteiger partial charge in [-0.05, 0) is 29.8 Å². The summed E-state index contributed by atoms with van der Waals surface area (Å²) < 4.78 is 4.81. The molecule has 1 unspecified atom stereocenters. The van der Waals surface area contributed by atoms with Crippen LogP contribution >= 0.6 is 0 Å². The van der Waals surface area contributed by atoms with E-state index in [1.807, 2.05) is 30.3 Å². The number of methoxy groups -OCH3 is 1. The molecular weight excluding hydrogens is 242 g/mol. The highest BCUT2D eigenvalue weighted by Crippen LogP contribution is 2.22. The van der Waals surface area contributed by atoms with Crippen molar-refractivity contribution in [1.82, 2.24) is 0 Å². The van der Waals surface area contributed by atoms with E-state index in [1.165, 1.54) is 19.2 Å². The smallest absolute Gasteiger partial charge is 0.332 e. The summed E-state index contributed by atoms with van der Waals surface area (Å²) in [4.78, 5) is 11.9. The number of aromatic hydroxyl groups is 1. The van der Waals surface area contributed by atoms with Crippen molar-refractivity contribution in [3.63, 3.8) is 0 Å². The first-order chi connectivity index (χ1) is 9.20. The number of carbonyl (C=O) groups excluding carboxylic acids is 1. The molecule has 4 heteroatoms. The summed E-state index contributed by atoms with van der Waals surface area (Å²) in [6, 6.07) is 15.3. The average molecular weight is 257 g/mol. The van der Waals surface area contributed by atoms with Crippen molar-refractivity contribution in [2.75, 3.05) is 12.4 Å². The summed E-state index contributed by atoms with van der Waals surface area (Å²) >= 11 is 0. The average Bonchev–Trinajstić information content (AvgIpc) is 2.46. The van der Waals surface area contributed by atoms with Gasteiger partial charge in [0, 0.05) is 5.69 Å². The number of hydrogen-bond acceptors (Lipinski definition) is 4. The second-order valence-corrected chi connectivity index (χ2v) is 4.06. The second kappa shape index (κ2) is 5.91. The van der Waals surface area contributed by atoms with Crippen LogP contribution in [0.15, 0.2) is 54.6 Å². The van der Waals surface area contributed by atoms with Crippen LogP contribution in [-0.4, -0.2) is 18.2 Å². The standard InChI is InChI=1S/C15H15NO3/c1-19-15(18)14(11-7-9-13(17)10-8-11)16-12-5-3-2-4-6-12/h2-10,14,16-17H,1H3. The Morgan fingerprint density at radius 1 is 1.11 bits per heavy atom. The Kier molecular flexibility index (Phi) is 4.03. The lowest BCUT2D eigenvalue weighted by atomic mass is 10.1. The Hall–Kier alpha value is -2.49. The van der Waals surface area contributed by atoms with Gasteiger partial charge >= 0.3 is 5.97 Å². The number of carbonyl (C=O) groups is 1. The molecule has 4 nitrogen and oxygen atoms in total. The van der Waals surface area contributed by atoms with E-state index in [0.717, 1.165) is 11.3 Å². The van der Waals surface area contributed by atoms with Gasteiger partial charge in [0.05, 0.1) is 7.11 Å². The molecule has 2 aromatic carbocycles. The molecule has 0 amide bonds. The van der Waals surface area contributed by atoms with Crippen LogP contribution in [0.25, 0.3) is 0 Å². The number of phenols is 1. The van der Waals surface area contributed by atoms with Gasteiger partial charge in [-0.2, -0.15) is 0 Å². The highest BCUT2D eigenvalue weighted by Gasteiger charge is 2.21. The van der Waals surface area contributed by atoms with Crippen molar-refractivity contribution in [3.8, 4) is 5.75 Å². The summed E-state index contributed by atoms with van der Waals surface area (Å²) in [7, 11) is 1.35. The maximum atomic E-state index is 11.9. The van der Waals surface area contributed by atoms with E-state index in [1.54, 1.807) is 12.1 Å². The Bertz CT molecular complexity index is 537. The van der Waals surface area contributed by atoms with E-state index in [9.17, 15) is 9.90 Å². The van der Waals surface area contributed by atoms with Crippen LogP contribution in [0.4, 0.5) is 5.69 Å². The van der Waals surface area contributed by atoms with E-state index in [4.69, 9.17) is 4.74 Å². The second-order valence-electron chi connectivity index (χ2n) is 4.06. The normalized spacial score (nSPS) is 11.6. The molecule has 0 bridgehead atoms. The third-order valence-electron chi connectivity index (χ3n) is 2.75. The van der Waals surface area contributed by atoms with E-state index in [0.29, 0.717) is 0 Å². The highest BCUT2D eigenvalue weighted by atomic mass is 16.5. The maximum absolute atomic E-state index is 11.9. The molecule has 0 aliphatic heterocycles. The quantitative estimate of drug-likeness (QED) is 0.827. The number of hydrogen-bond donors (Lipinski definition) is 2. The molecule has 0 saturated heterocycles. The molecule has 0 aromatic heterocycles. The third-order valence-corrected chi connectivity index (χ3v) is 2.75. The van der Waals surface area contributed by atoms with Gasteiger partial charge in [0.1, 0.15) is 5.75 Å². The summed E-state index contributed by atoms with van der Waals surface area (Å²) in [5, 5.41) is 12.4. The number of para-hydroxylation sites is 1. The molecule has 0 fully saturated rings. The molecule has 2 rings (SSSR count). The molecule has 0 saturated carbocycles. The SMILES string of the molecule is COC(=O)C(Nc1ccccc1)c1ccc(O)cc1. The summed E-state index contributed by atoms with van der Waals surface area (Å²) in [6.07, 6.45) is 0. The number of nitrogens with one attached hydrogen (secondary N) is 1. The van der Waals surface area contributed by atoms with Gasteiger partial charge in [0.2, 0.25) is 0 Å². The number of benzene rings is 2. The van der Waals surface area contributed by atoms with Crippen LogP contribution in [0.2, 0.25) is 0 Å². The number of anilines is 1. The molecule has 0 aliphatic rings. The predicted molar refractivity (Wildman–Crippen MR) is 72.9 cm³/mol. The van der Waals surface area contributed by atoms with E-state index in [2.05, 4.69) is 5.32 Å². The van der Waals surface area contributed by atoms with Crippen molar-refractivity contribution >= 4 is 11.7 Å². The number of esters is 1. The third kappa shape index (κ3) is 3.25. The number of phenolic OH excluding ortho intramolecular Hbond substituents is 1. The van der Waals surface area contributed by atoms with Crippen LogP contribution < -0.4 is 5.32 Å². The van der Waals surface area contributed by atoms with Gasteiger partial charge in [-0.3, -0.25) is 0 Å². The van der Waals surface area contributed by atoms with Gasteiger partial charge in [0.25, 0.3) is 0 Å². The zero-order valence-corrected chi connectivity index (χ0v) is 10.5. The molecule has 98 valence electrons. The summed E-state index contributed by atoms with van der Waals surface area (Å²) in [6.45, 7) is 0. The fourth-order valence-electron chi connectivity index (χ4n) is 1.76. The predicted octanol–water partition coefficient (Wildman–Crippen LogP) is 2.72. The summed E-state index contributed by atoms with van der Waals surface area (Å²) in [5.74, 6) is -0.221. The molecule has 0 radical (unpaired) electrons. The fourth-order valence-corrected chi connectivity index (χ4v) is 1.76. The van der Waals surface area contributed by atoms with E-state index < -0.39 is 6.04 Å². The number of rotatable bonds is 4. The minimum atomic E-state index is -0.604. The van der Waals surface area contributed by atoms with Gasteiger partial charge in [0.15, 0.2) is 6.04 Å². The first-order valence-corrected chi connectivity index (χ1v) is 5.89. The zero-order chi connectivity index (χ0) is 13.7. The molecular formula is C15H15NO3. The largest absolute Gasteiger partial charge is 0.508 e. The Morgan fingerprint density at radius 3 is 2.32 bits per heavy atom. The molecule has 2 N–H and O–H groups in total. The van der Waals surface area contributed by atoms with E-state index >= 15 is 0 Å². The van der Waals surface area contributed by atoms with Crippen molar-refractivity contribution in [1.29, 1.82) is 0 Å². The van der Waals surface area contributed by atoms with Crippen molar-refractivity contribution in [2.24, 2.45) is 0 Å². The highest BCUT2D eigenvalue weighted by molar-refractivity contribution is 5.81. The summed E-state index contributed by atoms with van der Waals surface area (Å²) in [5.41, 5.74) is 1.56. The molecule has 0 aliphatic carbocycles. The maximum Gasteiger partial charge on any atom is 0.332 e. The van der Waals surface area contributed by atoms with Crippen LogP contribution in [0, 0.1) is 0 Å². The van der Waals surface area contributed by atoms with Crippen LogP contribution in [-0.2, 0) is 9.53 Å². The number of ether oxygens (including phenoxy) is 1.